The zero-order chi connectivity index (χ0) is 13.3. The van der Waals surface area contributed by atoms with Crippen molar-refractivity contribution in [3.63, 3.8) is 0 Å². The molecule has 1 aliphatic rings. The third-order valence-electron chi connectivity index (χ3n) is 4.15. The summed E-state index contributed by atoms with van der Waals surface area (Å²) in [4.78, 5) is 2.48. The summed E-state index contributed by atoms with van der Waals surface area (Å²) in [7, 11) is 0. The fourth-order valence-electron chi connectivity index (χ4n) is 2.60. The number of nitrogens with two attached hydrogens (primary N) is 1. The maximum absolute atomic E-state index is 6.06. The van der Waals surface area contributed by atoms with Gasteiger partial charge in [-0.2, -0.15) is 0 Å². The number of benzene rings is 1. The van der Waals surface area contributed by atoms with Crippen molar-refractivity contribution in [2.24, 2.45) is 5.73 Å². The molecule has 0 saturated carbocycles. The van der Waals surface area contributed by atoms with Crippen LogP contribution in [0.5, 0.6) is 0 Å². The molecule has 0 aliphatic carbocycles. The van der Waals surface area contributed by atoms with Crippen molar-refractivity contribution < 1.29 is 0 Å². The predicted octanol–water partition coefficient (Wildman–Crippen LogP) is 2.91. The van der Waals surface area contributed by atoms with E-state index < -0.39 is 0 Å². The summed E-state index contributed by atoms with van der Waals surface area (Å²) in [5.41, 5.74) is 9.09. The van der Waals surface area contributed by atoms with Gasteiger partial charge in [-0.1, -0.05) is 45.0 Å². The van der Waals surface area contributed by atoms with Crippen molar-refractivity contribution in [3.05, 3.63) is 35.4 Å². The molecule has 0 radical (unpaired) electrons. The van der Waals surface area contributed by atoms with E-state index in [4.69, 9.17) is 5.73 Å². The zero-order valence-electron chi connectivity index (χ0n) is 12.1. The van der Waals surface area contributed by atoms with E-state index in [0.29, 0.717) is 12.1 Å². The molecule has 2 N–H and O–H groups in total. The fraction of sp³-hybridized carbons (Fsp3) is 0.625. The molecule has 1 fully saturated rings. The van der Waals surface area contributed by atoms with Crippen LogP contribution >= 0.6 is 0 Å². The number of likely N-dealkylation sites (tertiary alicyclic amines) is 1. The number of hydrogen-bond acceptors (Lipinski definition) is 2. The van der Waals surface area contributed by atoms with Crippen LogP contribution in [0.4, 0.5) is 0 Å². The Hall–Kier alpha value is -0.860. The van der Waals surface area contributed by atoms with Gasteiger partial charge in [0.1, 0.15) is 0 Å². The molecule has 2 rings (SSSR count). The summed E-state index contributed by atoms with van der Waals surface area (Å²) in [6.45, 7) is 11.2. The van der Waals surface area contributed by atoms with Crippen LogP contribution in [0.15, 0.2) is 24.3 Å². The van der Waals surface area contributed by atoms with E-state index in [9.17, 15) is 0 Å². The highest BCUT2D eigenvalue weighted by Crippen LogP contribution is 2.24. The number of rotatable bonds is 2. The molecule has 100 valence electrons. The molecule has 0 spiro atoms. The maximum Gasteiger partial charge on any atom is 0.0237 e. The molecule has 1 aromatic rings. The van der Waals surface area contributed by atoms with Crippen LogP contribution in [0.3, 0.4) is 0 Å². The molecule has 2 nitrogen and oxygen atoms in total. The van der Waals surface area contributed by atoms with Gasteiger partial charge in [-0.15, -0.1) is 0 Å². The summed E-state index contributed by atoms with van der Waals surface area (Å²) in [5, 5.41) is 0. The number of nitrogens with zero attached hydrogens (tertiary/aromatic N) is 1. The van der Waals surface area contributed by atoms with Crippen molar-refractivity contribution in [2.75, 3.05) is 6.54 Å². The van der Waals surface area contributed by atoms with E-state index in [2.05, 4.69) is 56.9 Å². The zero-order valence-corrected chi connectivity index (χ0v) is 12.1. The quantitative estimate of drug-likeness (QED) is 0.869. The molecular formula is C16H26N2. The minimum Gasteiger partial charge on any atom is -0.326 e. The van der Waals surface area contributed by atoms with Crippen LogP contribution in [-0.2, 0) is 12.0 Å². The summed E-state index contributed by atoms with van der Waals surface area (Å²) < 4.78 is 0. The van der Waals surface area contributed by atoms with Crippen LogP contribution in [-0.4, -0.2) is 23.5 Å². The Morgan fingerprint density at radius 3 is 2.28 bits per heavy atom. The van der Waals surface area contributed by atoms with Gasteiger partial charge in [0.2, 0.25) is 0 Å². The van der Waals surface area contributed by atoms with Crippen molar-refractivity contribution in [2.45, 2.75) is 58.2 Å². The van der Waals surface area contributed by atoms with Gasteiger partial charge in [-0.3, -0.25) is 4.90 Å². The summed E-state index contributed by atoms with van der Waals surface area (Å²) in [6.07, 6.45) is 1.13. The lowest BCUT2D eigenvalue weighted by molar-refractivity contribution is 0.251. The molecule has 0 bridgehead atoms. The van der Waals surface area contributed by atoms with Gasteiger partial charge in [-0.25, -0.2) is 0 Å². The van der Waals surface area contributed by atoms with Crippen molar-refractivity contribution in [3.8, 4) is 0 Å². The molecule has 1 aliphatic heterocycles. The van der Waals surface area contributed by atoms with Crippen LogP contribution in [0.1, 0.15) is 45.2 Å². The van der Waals surface area contributed by atoms with E-state index in [-0.39, 0.29) is 5.41 Å². The largest absolute Gasteiger partial charge is 0.326 e. The van der Waals surface area contributed by atoms with Crippen molar-refractivity contribution in [1.29, 1.82) is 0 Å². The highest BCUT2D eigenvalue weighted by atomic mass is 15.2. The first kappa shape index (κ1) is 13.6. The molecule has 1 heterocycles. The first-order chi connectivity index (χ1) is 8.38. The molecule has 0 aromatic heterocycles. The van der Waals surface area contributed by atoms with Gasteiger partial charge in [0.15, 0.2) is 0 Å². The summed E-state index contributed by atoms with van der Waals surface area (Å²) in [5.74, 6) is 0. The van der Waals surface area contributed by atoms with Crippen LogP contribution in [0, 0.1) is 0 Å². The summed E-state index contributed by atoms with van der Waals surface area (Å²) >= 11 is 0. The third kappa shape index (κ3) is 2.93. The molecule has 1 saturated heterocycles. The van der Waals surface area contributed by atoms with Crippen LogP contribution in [0.2, 0.25) is 0 Å². The monoisotopic (exact) mass is 246 g/mol. The molecule has 0 amide bonds. The lowest BCUT2D eigenvalue weighted by Gasteiger charge is -2.24. The Balaban J connectivity index is 2.03. The van der Waals surface area contributed by atoms with Gasteiger partial charge in [0.25, 0.3) is 0 Å². The minimum absolute atomic E-state index is 0.238. The molecule has 18 heavy (non-hydrogen) atoms. The first-order valence-electron chi connectivity index (χ1n) is 6.97. The van der Waals surface area contributed by atoms with E-state index in [1.165, 1.54) is 11.1 Å². The number of hydrogen-bond donors (Lipinski definition) is 1. The average molecular weight is 246 g/mol. The molecule has 2 unspecified atom stereocenters. The van der Waals surface area contributed by atoms with Crippen molar-refractivity contribution in [1.82, 2.24) is 4.90 Å². The van der Waals surface area contributed by atoms with Gasteiger partial charge in [0.05, 0.1) is 0 Å². The van der Waals surface area contributed by atoms with E-state index in [1.54, 1.807) is 0 Å². The Morgan fingerprint density at radius 1 is 1.22 bits per heavy atom. The van der Waals surface area contributed by atoms with Gasteiger partial charge >= 0.3 is 0 Å². The summed E-state index contributed by atoms with van der Waals surface area (Å²) in [6, 6.07) is 9.89. The highest BCUT2D eigenvalue weighted by molar-refractivity contribution is 5.27. The smallest absolute Gasteiger partial charge is 0.0237 e. The van der Waals surface area contributed by atoms with Crippen LogP contribution in [0.25, 0.3) is 0 Å². The normalized spacial score (nSPS) is 25.6. The van der Waals surface area contributed by atoms with E-state index in [0.717, 1.165) is 19.5 Å². The minimum atomic E-state index is 0.238. The lowest BCUT2D eigenvalue weighted by atomic mass is 9.87. The van der Waals surface area contributed by atoms with E-state index >= 15 is 0 Å². The third-order valence-corrected chi connectivity index (χ3v) is 4.15. The van der Waals surface area contributed by atoms with Crippen molar-refractivity contribution >= 4 is 0 Å². The highest BCUT2D eigenvalue weighted by Gasteiger charge is 2.27. The maximum atomic E-state index is 6.06. The van der Waals surface area contributed by atoms with Crippen LogP contribution < -0.4 is 5.73 Å². The Labute approximate surface area is 111 Å². The molecule has 2 atom stereocenters. The molecule has 2 heteroatoms. The second kappa shape index (κ2) is 5.02. The Bertz CT molecular complexity index is 389. The average Bonchev–Trinajstić information content (AvgIpc) is 2.61. The second-order valence-electron chi connectivity index (χ2n) is 6.61. The molecule has 1 aromatic carbocycles. The second-order valence-corrected chi connectivity index (χ2v) is 6.61. The first-order valence-corrected chi connectivity index (χ1v) is 6.97. The predicted molar refractivity (Wildman–Crippen MR) is 77.6 cm³/mol. The SMILES string of the molecule is CC1C(N)CCN1Cc1ccc(C(C)(C)C)cc1. The van der Waals surface area contributed by atoms with Gasteiger partial charge in [-0.05, 0) is 29.9 Å². The molecular weight excluding hydrogens is 220 g/mol. The fourth-order valence-corrected chi connectivity index (χ4v) is 2.60. The Morgan fingerprint density at radius 2 is 1.83 bits per heavy atom. The van der Waals surface area contributed by atoms with Gasteiger partial charge < -0.3 is 5.73 Å². The topological polar surface area (TPSA) is 29.3 Å². The lowest BCUT2D eigenvalue weighted by Crippen LogP contribution is -2.36. The van der Waals surface area contributed by atoms with Gasteiger partial charge in [0, 0.05) is 25.2 Å². The standard InChI is InChI=1S/C16H26N2/c1-12-15(17)9-10-18(12)11-13-5-7-14(8-6-13)16(2,3)4/h5-8,12,15H,9-11,17H2,1-4H3. The van der Waals surface area contributed by atoms with E-state index in [1.807, 2.05) is 0 Å². The Kier molecular flexibility index (Phi) is 3.79.